The maximum atomic E-state index is 13.1. The number of nitrogens with zero attached hydrogens (tertiary/aromatic N) is 2. The van der Waals surface area contributed by atoms with E-state index in [1.54, 1.807) is 0 Å². The van der Waals surface area contributed by atoms with Crippen molar-refractivity contribution >= 4 is 11.5 Å². The van der Waals surface area contributed by atoms with Gasteiger partial charge < -0.3 is 10.5 Å². The van der Waals surface area contributed by atoms with Gasteiger partial charge in [-0.25, -0.2) is 0 Å². The molecule has 2 aliphatic rings. The van der Waals surface area contributed by atoms with Crippen LogP contribution < -0.4 is 15.4 Å². The van der Waals surface area contributed by atoms with Crippen LogP contribution in [0.15, 0.2) is 71.2 Å². The van der Waals surface area contributed by atoms with Gasteiger partial charge in [-0.05, 0) is 62.1 Å². The molecule has 4 rings (SSSR count). The van der Waals surface area contributed by atoms with Crippen molar-refractivity contribution in [1.82, 2.24) is 0 Å². The Labute approximate surface area is 177 Å². The van der Waals surface area contributed by atoms with Gasteiger partial charge in [0.05, 0.1) is 24.2 Å². The zero-order valence-electron chi connectivity index (χ0n) is 17.3. The summed E-state index contributed by atoms with van der Waals surface area (Å²) in [5.41, 5.74) is 11.5. The molecule has 1 aliphatic heterocycles. The van der Waals surface area contributed by atoms with E-state index in [-0.39, 0.29) is 5.78 Å². The zero-order chi connectivity index (χ0) is 21.3. The van der Waals surface area contributed by atoms with Crippen LogP contribution in [-0.4, -0.2) is 12.4 Å². The molecule has 1 aliphatic carbocycles. The number of hydrogen-bond acceptors (Lipinski definition) is 5. The van der Waals surface area contributed by atoms with Gasteiger partial charge in [-0.3, -0.25) is 9.69 Å². The van der Waals surface area contributed by atoms with Gasteiger partial charge in [0.1, 0.15) is 11.6 Å². The largest absolute Gasteiger partial charge is 0.494 e. The Bertz CT molecular complexity index is 1090. The average molecular weight is 399 g/mol. The molecule has 0 aromatic heterocycles. The van der Waals surface area contributed by atoms with Crippen molar-refractivity contribution in [2.75, 3.05) is 11.5 Å². The van der Waals surface area contributed by atoms with Crippen molar-refractivity contribution in [3.63, 3.8) is 0 Å². The number of ketones is 1. The normalized spacial score (nSPS) is 18.9. The van der Waals surface area contributed by atoms with Gasteiger partial charge in [0.25, 0.3) is 0 Å². The van der Waals surface area contributed by atoms with E-state index in [9.17, 15) is 10.1 Å². The molecular formula is C25H25N3O2. The lowest BCUT2D eigenvalue weighted by molar-refractivity contribution is -0.116. The topological polar surface area (TPSA) is 79.3 Å². The van der Waals surface area contributed by atoms with Gasteiger partial charge in [-0.15, -0.1) is 0 Å². The van der Waals surface area contributed by atoms with Gasteiger partial charge in [-0.1, -0.05) is 24.3 Å². The van der Waals surface area contributed by atoms with Gasteiger partial charge in [0.2, 0.25) is 0 Å². The molecule has 0 saturated carbocycles. The molecule has 5 heteroatoms. The third-order valence-electron chi connectivity index (χ3n) is 5.70. The number of anilines is 1. The maximum Gasteiger partial charge on any atom is 0.161 e. The summed E-state index contributed by atoms with van der Waals surface area (Å²) in [6.07, 6.45) is 2.03. The number of ether oxygens (including phenoxy) is 1. The number of nitrogens with two attached hydrogens (primary N) is 1. The molecule has 2 aromatic rings. The molecule has 0 amide bonds. The van der Waals surface area contributed by atoms with Gasteiger partial charge in [-0.2, -0.15) is 5.26 Å². The Morgan fingerprint density at radius 3 is 2.63 bits per heavy atom. The molecule has 0 saturated heterocycles. The quantitative estimate of drug-likeness (QED) is 0.806. The van der Waals surface area contributed by atoms with E-state index in [1.165, 1.54) is 0 Å². The minimum atomic E-state index is -0.450. The summed E-state index contributed by atoms with van der Waals surface area (Å²) in [7, 11) is 0. The molecule has 1 heterocycles. The fourth-order valence-electron chi connectivity index (χ4n) is 4.40. The highest BCUT2D eigenvalue weighted by molar-refractivity contribution is 6.01. The summed E-state index contributed by atoms with van der Waals surface area (Å²) in [6.45, 7) is 4.53. The molecule has 2 aromatic carbocycles. The molecule has 0 unspecified atom stereocenters. The lowest BCUT2D eigenvalue weighted by atomic mass is 9.75. The first-order valence-electron chi connectivity index (χ1n) is 10.3. The minimum Gasteiger partial charge on any atom is -0.494 e. The van der Waals surface area contributed by atoms with E-state index in [0.717, 1.165) is 41.1 Å². The number of nitriles is 1. The monoisotopic (exact) mass is 399 g/mol. The molecule has 0 spiro atoms. The number of allylic oxidation sites excluding steroid dienone is 3. The van der Waals surface area contributed by atoms with Crippen molar-refractivity contribution in [3.8, 4) is 11.8 Å². The molecule has 30 heavy (non-hydrogen) atoms. The van der Waals surface area contributed by atoms with Gasteiger partial charge in [0, 0.05) is 23.4 Å². The standard InChI is InChI=1S/C25H25N3O2/c1-3-30-19-12-10-17(11-13-19)23-20(15-26)25(27)28(18-7-4-6-16(2)14-18)21-8-5-9-22(29)24(21)23/h4,6-7,10-14,23H,3,5,8-9,27H2,1-2H3/t23-/m0/s1. The molecule has 152 valence electrons. The molecule has 1 atom stereocenters. The Kier molecular flexibility index (Phi) is 5.33. The van der Waals surface area contributed by atoms with Crippen molar-refractivity contribution in [1.29, 1.82) is 5.26 Å². The Morgan fingerprint density at radius 1 is 1.20 bits per heavy atom. The summed E-state index contributed by atoms with van der Waals surface area (Å²) in [6, 6.07) is 17.9. The predicted molar refractivity (Wildman–Crippen MR) is 117 cm³/mol. The second kappa shape index (κ2) is 8.08. The van der Waals surface area contributed by atoms with Gasteiger partial charge >= 0.3 is 0 Å². The van der Waals surface area contributed by atoms with E-state index < -0.39 is 5.92 Å². The van der Waals surface area contributed by atoms with Crippen LogP contribution in [0.5, 0.6) is 5.75 Å². The summed E-state index contributed by atoms with van der Waals surface area (Å²) < 4.78 is 5.55. The summed E-state index contributed by atoms with van der Waals surface area (Å²) >= 11 is 0. The van der Waals surface area contributed by atoms with Gasteiger partial charge in [0.15, 0.2) is 5.78 Å². The Balaban J connectivity index is 1.90. The molecular weight excluding hydrogens is 374 g/mol. The third kappa shape index (κ3) is 3.35. The first-order valence-corrected chi connectivity index (χ1v) is 10.3. The number of carbonyl (C=O) groups is 1. The first-order chi connectivity index (χ1) is 14.5. The number of hydrogen-bond donors (Lipinski definition) is 1. The van der Waals surface area contributed by atoms with Crippen LogP contribution in [0.2, 0.25) is 0 Å². The van der Waals surface area contributed by atoms with E-state index in [2.05, 4.69) is 6.07 Å². The summed E-state index contributed by atoms with van der Waals surface area (Å²) in [5.74, 6) is 0.802. The lowest BCUT2D eigenvalue weighted by Crippen LogP contribution is -2.38. The van der Waals surface area contributed by atoms with Crippen LogP contribution in [-0.2, 0) is 4.79 Å². The number of Topliss-reactive ketones (excluding diaryl/α,β-unsaturated/α-hetero) is 1. The number of benzene rings is 2. The van der Waals surface area contributed by atoms with Crippen molar-refractivity contribution in [2.24, 2.45) is 5.73 Å². The van der Waals surface area contributed by atoms with Crippen LogP contribution >= 0.6 is 0 Å². The predicted octanol–water partition coefficient (Wildman–Crippen LogP) is 4.70. The van der Waals surface area contributed by atoms with Crippen LogP contribution in [0, 0.1) is 18.3 Å². The molecule has 0 radical (unpaired) electrons. The van der Waals surface area contributed by atoms with E-state index in [1.807, 2.05) is 67.3 Å². The highest BCUT2D eigenvalue weighted by atomic mass is 16.5. The van der Waals surface area contributed by atoms with Crippen LogP contribution in [0.25, 0.3) is 0 Å². The van der Waals surface area contributed by atoms with Crippen molar-refractivity contribution in [3.05, 3.63) is 82.3 Å². The molecule has 2 N–H and O–H groups in total. The molecule has 5 nitrogen and oxygen atoms in total. The van der Waals surface area contributed by atoms with Crippen LogP contribution in [0.3, 0.4) is 0 Å². The fraction of sp³-hybridized carbons (Fsp3) is 0.280. The maximum absolute atomic E-state index is 13.1. The fourth-order valence-corrected chi connectivity index (χ4v) is 4.40. The third-order valence-corrected chi connectivity index (χ3v) is 5.70. The van der Waals surface area contributed by atoms with Crippen molar-refractivity contribution < 1.29 is 9.53 Å². The van der Waals surface area contributed by atoms with E-state index in [0.29, 0.717) is 30.0 Å². The number of aryl methyl sites for hydroxylation is 1. The minimum absolute atomic E-state index is 0.0908. The highest BCUT2D eigenvalue weighted by Crippen LogP contribution is 2.46. The number of carbonyl (C=O) groups excluding carboxylic acids is 1. The number of rotatable bonds is 4. The van der Waals surface area contributed by atoms with Crippen LogP contribution in [0.4, 0.5) is 5.69 Å². The second-order valence-electron chi connectivity index (χ2n) is 7.66. The SMILES string of the molecule is CCOc1ccc([C@H]2C(C#N)=C(N)N(c3cccc(C)c3)C3=C2C(=O)CCC3)cc1. The smallest absolute Gasteiger partial charge is 0.161 e. The van der Waals surface area contributed by atoms with E-state index >= 15 is 0 Å². The Morgan fingerprint density at radius 2 is 1.97 bits per heavy atom. The van der Waals surface area contributed by atoms with E-state index in [4.69, 9.17) is 10.5 Å². The molecule has 0 fully saturated rings. The summed E-state index contributed by atoms with van der Waals surface area (Å²) in [5, 5.41) is 10.1. The first kappa shape index (κ1) is 19.8. The van der Waals surface area contributed by atoms with Crippen molar-refractivity contribution in [2.45, 2.75) is 39.0 Å². The average Bonchev–Trinajstić information content (AvgIpc) is 2.74. The lowest BCUT2D eigenvalue weighted by Gasteiger charge is -2.39. The molecule has 0 bridgehead atoms. The highest BCUT2D eigenvalue weighted by Gasteiger charge is 2.40. The summed E-state index contributed by atoms with van der Waals surface area (Å²) in [4.78, 5) is 15.0. The second-order valence-corrected chi connectivity index (χ2v) is 7.66. The zero-order valence-corrected chi connectivity index (χ0v) is 17.3. The van der Waals surface area contributed by atoms with Crippen LogP contribution in [0.1, 0.15) is 43.2 Å². The Hall–Kier alpha value is -3.52.